The number of ether oxygens (including phenoxy) is 1. The third-order valence-electron chi connectivity index (χ3n) is 7.22. The highest BCUT2D eigenvalue weighted by molar-refractivity contribution is 6.11. The molecule has 1 fully saturated rings. The van der Waals surface area contributed by atoms with Crippen LogP contribution in [-0.2, 0) is 20.9 Å². The van der Waals surface area contributed by atoms with Gasteiger partial charge in [-0.05, 0) is 53.8 Å². The molecule has 5 rings (SSSR count). The maximum absolute atomic E-state index is 13.7. The molecule has 1 aromatic heterocycles. The van der Waals surface area contributed by atoms with E-state index in [0.29, 0.717) is 31.8 Å². The summed E-state index contributed by atoms with van der Waals surface area (Å²) in [6.45, 7) is 2.43. The van der Waals surface area contributed by atoms with Crippen molar-refractivity contribution in [3.63, 3.8) is 0 Å². The van der Waals surface area contributed by atoms with Crippen LogP contribution >= 0.6 is 0 Å². The highest BCUT2D eigenvalue weighted by Crippen LogP contribution is 2.44. The number of nitrogens with zero attached hydrogens (tertiary/aromatic N) is 4. The zero-order valence-electron chi connectivity index (χ0n) is 20.0. The van der Waals surface area contributed by atoms with Gasteiger partial charge in [0, 0.05) is 45.0 Å². The summed E-state index contributed by atoms with van der Waals surface area (Å²) >= 11 is 0. The summed E-state index contributed by atoms with van der Waals surface area (Å²) in [4.78, 5) is 25.3. The number of oxime groups is 1. The number of carbonyl (C=O) groups excluding carboxylic acids is 1. The summed E-state index contributed by atoms with van der Waals surface area (Å²) in [5, 5.41) is 3.72. The summed E-state index contributed by atoms with van der Waals surface area (Å²) in [5.74, 6) is -1.89. The van der Waals surface area contributed by atoms with E-state index in [1.54, 1.807) is 17.2 Å². The lowest BCUT2D eigenvalue weighted by Gasteiger charge is -2.41. The topological polar surface area (TPSA) is 67.3 Å². The summed E-state index contributed by atoms with van der Waals surface area (Å²) in [6, 6.07) is 6.85. The molecule has 36 heavy (non-hydrogen) atoms. The van der Waals surface area contributed by atoms with Gasteiger partial charge in [-0.3, -0.25) is 14.7 Å². The first-order valence-corrected chi connectivity index (χ1v) is 11.9. The van der Waals surface area contributed by atoms with Crippen LogP contribution in [0.1, 0.15) is 36.1 Å². The molecule has 1 aromatic carbocycles. The number of amides is 1. The molecule has 1 spiro atoms. The van der Waals surface area contributed by atoms with Crippen molar-refractivity contribution in [2.24, 2.45) is 5.16 Å². The molecule has 0 bridgehead atoms. The molecule has 4 heterocycles. The Labute approximate surface area is 207 Å². The van der Waals surface area contributed by atoms with Crippen molar-refractivity contribution in [3.8, 4) is 0 Å². The van der Waals surface area contributed by atoms with E-state index in [9.17, 15) is 18.0 Å². The molecule has 3 aliphatic heterocycles. The molecule has 0 atom stereocenters. The van der Waals surface area contributed by atoms with Crippen LogP contribution < -0.4 is 0 Å². The fraction of sp³-hybridized carbons (Fsp3) is 0.423. The van der Waals surface area contributed by atoms with Gasteiger partial charge in [-0.2, -0.15) is 0 Å². The second kappa shape index (κ2) is 10.0. The first kappa shape index (κ1) is 24.5. The SMILES string of the molecule is CN1CC2=C(CC1=O)C1(CCN(Cc3ccc(C(=NOCF)c4ccc(F)c(F)c4)nc3)CC1)OC2. The van der Waals surface area contributed by atoms with Crippen molar-refractivity contribution >= 4 is 11.6 Å². The van der Waals surface area contributed by atoms with Gasteiger partial charge in [-0.15, -0.1) is 0 Å². The molecule has 0 radical (unpaired) electrons. The number of rotatable bonds is 6. The second-order valence-electron chi connectivity index (χ2n) is 9.43. The van der Waals surface area contributed by atoms with Crippen molar-refractivity contribution in [1.82, 2.24) is 14.8 Å². The second-order valence-corrected chi connectivity index (χ2v) is 9.43. The number of hydrogen-bond acceptors (Lipinski definition) is 6. The summed E-state index contributed by atoms with van der Waals surface area (Å²) in [6.07, 6.45) is 3.81. The largest absolute Gasteiger partial charge is 0.366 e. The molecule has 10 heteroatoms. The normalized spacial score (nSPS) is 20.3. The molecular weight excluding hydrogens is 473 g/mol. The number of carbonyl (C=O) groups is 1. The quantitative estimate of drug-likeness (QED) is 0.345. The van der Waals surface area contributed by atoms with E-state index >= 15 is 0 Å². The molecule has 0 saturated carbocycles. The fourth-order valence-electron chi connectivity index (χ4n) is 5.22. The molecule has 2 aromatic rings. The minimum Gasteiger partial charge on any atom is -0.366 e. The van der Waals surface area contributed by atoms with Crippen LogP contribution in [0.5, 0.6) is 0 Å². The summed E-state index contributed by atoms with van der Waals surface area (Å²) in [5.41, 5.74) is 3.76. The van der Waals surface area contributed by atoms with Crippen LogP contribution in [-0.4, -0.2) is 72.2 Å². The molecule has 1 saturated heterocycles. The molecular formula is C26H27F3N4O3. The zero-order valence-corrected chi connectivity index (χ0v) is 20.0. The Kier molecular flexibility index (Phi) is 6.81. The third kappa shape index (κ3) is 4.75. The third-order valence-corrected chi connectivity index (χ3v) is 7.22. The lowest BCUT2D eigenvalue weighted by atomic mass is 9.80. The van der Waals surface area contributed by atoms with E-state index in [2.05, 4.69) is 19.9 Å². The molecule has 0 N–H and O–H groups in total. The van der Waals surface area contributed by atoms with E-state index in [0.717, 1.165) is 43.6 Å². The number of piperidine rings is 1. The Balaban J connectivity index is 1.25. The van der Waals surface area contributed by atoms with Gasteiger partial charge in [-0.25, -0.2) is 13.2 Å². The first-order valence-electron chi connectivity index (χ1n) is 11.9. The van der Waals surface area contributed by atoms with Gasteiger partial charge in [0.2, 0.25) is 5.91 Å². The van der Waals surface area contributed by atoms with Crippen LogP contribution in [0.2, 0.25) is 0 Å². The minimum atomic E-state index is -1.16. The number of hydrogen-bond donors (Lipinski definition) is 0. The average molecular weight is 501 g/mol. The van der Waals surface area contributed by atoms with Crippen LogP contribution in [0.25, 0.3) is 0 Å². The van der Waals surface area contributed by atoms with E-state index < -0.39 is 18.5 Å². The van der Waals surface area contributed by atoms with Crippen molar-refractivity contribution in [2.45, 2.75) is 31.4 Å². The van der Waals surface area contributed by atoms with Crippen molar-refractivity contribution < 1.29 is 27.5 Å². The average Bonchev–Trinajstić information content (AvgIpc) is 3.20. The van der Waals surface area contributed by atoms with Gasteiger partial charge in [0.15, 0.2) is 11.6 Å². The van der Waals surface area contributed by atoms with Gasteiger partial charge in [0.05, 0.1) is 24.3 Å². The van der Waals surface area contributed by atoms with Crippen LogP contribution in [0.4, 0.5) is 13.2 Å². The first-order chi connectivity index (χ1) is 17.4. The number of aromatic nitrogens is 1. The van der Waals surface area contributed by atoms with Crippen LogP contribution in [0, 0.1) is 11.6 Å². The van der Waals surface area contributed by atoms with Gasteiger partial charge in [0.1, 0.15) is 5.71 Å². The standard InChI is InChI=1S/C26H27F3N4O3/c1-32-14-19-15-35-26(20(19)11-24(32)34)6-8-33(9-7-26)13-17-2-5-23(30-12-17)25(31-36-16-27)18-3-4-21(28)22(29)10-18/h2-5,10,12H,6-9,11,13-16H2,1H3. The van der Waals surface area contributed by atoms with Crippen molar-refractivity contribution in [1.29, 1.82) is 0 Å². The highest BCUT2D eigenvalue weighted by atomic mass is 19.2. The Morgan fingerprint density at radius 2 is 2.00 bits per heavy atom. The number of fused-ring (bicyclic) bond motifs is 1. The summed E-state index contributed by atoms with van der Waals surface area (Å²) in [7, 11) is 1.83. The van der Waals surface area contributed by atoms with E-state index in [1.165, 1.54) is 17.2 Å². The number of benzene rings is 1. The number of pyridine rings is 1. The van der Waals surface area contributed by atoms with E-state index in [1.807, 2.05) is 13.1 Å². The van der Waals surface area contributed by atoms with Gasteiger partial charge in [-0.1, -0.05) is 11.2 Å². The molecule has 0 unspecified atom stereocenters. The molecule has 3 aliphatic rings. The fourth-order valence-corrected chi connectivity index (χ4v) is 5.22. The summed E-state index contributed by atoms with van der Waals surface area (Å²) < 4.78 is 45.9. The Bertz CT molecular complexity index is 1210. The number of likely N-dealkylation sites (N-methyl/N-ethyl adjacent to an activating group) is 1. The number of likely N-dealkylation sites (tertiary alicyclic amines) is 1. The van der Waals surface area contributed by atoms with E-state index in [4.69, 9.17) is 4.74 Å². The predicted octanol–water partition coefficient (Wildman–Crippen LogP) is 3.58. The van der Waals surface area contributed by atoms with Gasteiger partial charge in [0.25, 0.3) is 6.86 Å². The lowest BCUT2D eigenvalue weighted by Crippen LogP contribution is -2.46. The highest BCUT2D eigenvalue weighted by Gasteiger charge is 2.46. The van der Waals surface area contributed by atoms with Crippen molar-refractivity contribution in [3.05, 3.63) is 76.1 Å². The Morgan fingerprint density at radius 3 is 2.69 bits per heavy atom. The monoisotopic (exact) mass is 500 g/mol. The van der Waals surface area contributed by atoms with Gasteiger partial charge < -0.3 is 14.5 Å². The van der Waals surface area contributed by atoms with E-state index in [-0.39, 0.29) is 22.8 Å². The molecule has 1 amide bonds. The Morgan fingerprint density at radius 1 is 1.19 bits per heavy atom. The lowest BCUT2D eigenvalue weighted by molar-refractivity contribution is -0.129. The van der Waals surface area contributed by atoms with Crippen LogP contribution in [0.15, 0.2) is 52.8 Å². The maximum atomic E-state index is 13.7. The number of halogens is 3. The van der Waals surface area contributed by atoms with Crippen molar-refractivity contribution in [2.75, 3.05) is 40.1 Å². The predicted molar refractivity (Wildman–Crippen MR) is 126 cm³/mol. The molecule has 190 valence electrons. The Hall–Kier alpha value is -3.24. The van der Waals surface area contributed by atoms with Gasteiger partial charge >= 0.3 is 0 Å². The number of alkyl halides is 1. The smallest absolute Gasteiger partial charge is 0.255 e. The van der Waals surface area contributed by atoms with Crippen LogP contribution in [0.3, 0.4) is 0 Å². The molecule has 7 nitrogen and oxygen atoms in total. The minimum absolute atomic E-state index is 0.105. The molecule has 0 aliphatic carbocycles. The zero-order chi connectivity index (χ0) is 25.3. The maximum Gasteiger partial charge on any atom is 0.255 e.